The fraction of sp³-hybridized carbons (Fsp3) is 0.385. The SMILES string of the molecule is Oc1ccccc1CNCC1CCC=CO1. The number of allylic oxidation sites excluding steroid dienone is 1. The van der Waals surface area contributed by atoms with Crippen LogP contribution >= 0.6 is 0 Å². The lowest BCUT2D eigenvalue weighted by molar-refractivity contribution is 0.122. The van der Waals surface area contributed by atoms with E-state index in [1.807, 2.05) is 24.3 Å². The Balaban J connectivity index is 1.75. The monoisotopic (exact) mass is 219 g/mol. The molecule has 0 fully saturated rings. The number of nitrogens with one attached hydrogen (secondary N) is 1. The van der Waals surface area contributed by atoms with Gasteiger partial charge >= 0.3 is 0 Å². The van der Waals surface area contributed by atoms with E-state index in [-0.39, 0.29) is 6.10 Å². The van der Waals surface area contributed by atoms with E-state index >= 15 is 0 Å². The first-order valence-electron chi connectivity index (χ1n) is 5.64. The Hall–Kier alpha value is -1.48. The average Bonchev–Trinajstić information content (AvgIpc) is 2.33. The van der Waals surface area contributed by atoms with Crippen LogP contribution in [0.25, 0.3) is 0 Å². The molecule has 1 aromatic carbocycles. The Morgan fingerprint density at radius 1 is 1.38 bits per heavy atom. The molecule has 0 amide bonds. The highest BCUT2D eigenvalue weighted by Crippen LogP contribution is 2.15. The maximum atomic E-state index is 9.57. The first kappa shape index (κ1) is 11.0. The summed E-state index contributed by atoms with van der Waals surface area (Å²) < 4.78 is 5.44. The number of hydrogen-bond acceptors (Lipinski definition) is 3. The summed E-state index contributed by atoms with van der Waals surface area (Å²) in [4.78, 5) is 0. The minimum atomic E-state index is 0.260. The van der Waals surface area contributed by atoms with E-state index in [9.17, 15) is 5.11 Å². The minimum absolute atomic E-state index is 0.260. The lowest BCUT2D eigenvalue weighted by Crippen LogP contribution is -2.28. The van der Waals surface area contributed by atoms with Crippen molar-refractivity contribution >= 4 is 0 Å². The van der Waals surface area contributed by atoms with Crippen molar-refractivity contribution in [3.63, 3.8) is 0 Å². The number of aromatic hydroxyl groups is 1. The van der Waals surface area contributed by atoms with Gasteiger partial charge in [-0.05, 0) is 25.0 Å². The third-order valence-corrected chi connectivity index (χ3v) is 2.70. The quantitative estimate of drug-likeness (QED) is 0.815. The lowest BCUT2D eigenvalue weighted by Gasteiger charge is -2.19. The van der Waals surface area contributed by atoms with Gasteiger partial charge in [0.25, 0.3) is 0 Å². The van der Waals surface area contributed by atoms with Crippen LogP contribution in [-0.4, -0.2) is 17.8 Å². The molecule has 2 rings (SSSR count). The van der Waals surface area contributed by atoms with Crippen molar-refractivity contribution in [3.8, 4) is 5.75 Å². The fourth-order valence-corrected chi connectivity index (χ4v) is 1.76. The van der Waals surface area contributed by atoms with Crippen LogP contribution in [0.1, 0.15) is 18.4 Å². The summed E-state index contributed by atoms with van der Waals surface area (Å²) in [6.45, 7) is 1.49. The van der Waals surface area contributed by atoms with Crippen LogP contribution in [-0.2, 0) is 11.3 Å². The maximum absolute atomic E-state index is 9.57. The summed E-state index contributed by atoms with van der Waals surface area (Å²) in [6.07, 6.45) is 6.22. The number of phenols is 1. The summed E-state index contributed by atoms with van der Waals surface area (Å²) in [5, 5.41) is 12.9. The van der Waals surface area contributed by atoms with E-state index < -0.39 is 0 Å². The standard InChI is InChI=1S/C13H17NO2/c15-13-7-2-1-5-11(13)9-14-10-12-6-3-4-8-16-12/h1-2,4-5,7-8,12,14-15H,3,6,9-10H2. The number of para-hydroxylation sites is 1. The predicted octanol–water partition coefficient (Wildman–Crippen LogP) is 2.17. The van der Waals surface area contributed by atoms with Crippen molar-refractivity contribution < 1.29 is 9.84 Å². The highest BCUT2D eigenvalue weighted by molar-refractivity contribution is 5.31. The third kappa shape index (κ3) is 3.00. The largest absolute Gasteiger partial charge is 0.508 e. The zero-order chi connectivity index (χ0) is 11.2. The van der Waals surface area contributed by atoms with Crippen LogP contribution in [0, 0.1) is 0 Å². The van der Waals surface area contributed by atoms with E-state index in [4.69, 9.17) is 4.74 Å². The molecule has 86 valence electrons. The van der Waals surface area contributed by atoms with Gasteiger partial charge in [0, 0.05) is 18.7 Å². The molecule has 0 aromatic heterocycles. The number of hydrogen-bond donors (Lipinski definition) is 2. The lowest BCUT2D eigenvalue weighted by atomic mass is 10.1. The Morgan fingerprint density at radius 3 is 3.00 bits per heavy atom. The Kier molecular flexibility index (Phi) is 3.83. The van der Waals surface area contributed by atoms with Gasteiger partial charge in [-0.2, -0.15) is 0 Å². The zero-order valence-corrected chi connectivity index (χ0v) is 9.23. The first-order chi connectivity index (χ1) is 7.86. The van der Waals surface area contributed by atoms with Gasteiger partial charge in [0.1, 0.15) is 11.9 Å². The summed E-state index contributed by atoms with van der Waals surface area (Å²) in [6, 6.07) is 7.38. The van der Waals surface area contributed by atoms with E-state index in [0.29, 0.717) is 12.3 Å². The van der Waals surface area contributed by atoms with Crippen LogP contribution in [0.5, 0.6) is 5.75 Å². The highest BCUT2D eigenvalue weighted by atomic mass is 16.5. The molecule has 0 bridgehead atoms. The molecule has 3 heteroatoms. The maximum Gasteiger partial charge on any atom is 0.120 e. The second-order valence-electron chi connectivity index (χ2n) is 3.97. The molecule has 0 saturated heterocycles. The molecule has 0 spiro atoms. The van der Waals surface area contributed by atoms with Crippen molar-refractivity contribution in [2.45, 2.75) is 25.5 Å². The molecule has 3 nitrogen and oxygen atoms in total. The average molecular weight is 219 g/mol. The Bertz CT molecular complexity index is 363. The van der Waals surface area contributed by atoms with Gasteiger partial charge in [0.15, 0.2) is 0 Å². The van der Waals surface area contributed by atoms with Crippen LogP contribution in [0.3, 0.4) is 0 Å². The molecule has 0 aliphatic carbocycles. The van der Waals surface area contributed by atoms with Gasteiger partial charge in [-0.1, -0.05) is 18.2 Å². The summed E-state index contributed by atoms with van der Waals surface area (Å²) in [7, 11) is 0. The number of rotatable bonds is 4. The molecule has 0 radical (unpaired) electrons. The molecule has 1 unspecified atom stereocenters. The predicted molar refractivity (Wildman–Crippen MR) is 63.1 cm³/mol. The number of benzene rings is 1. The number of ether oxygens (including phenoxy) is 1. The van der Waals surface area contributed by atoms with E-state index in [0.717, 1.165) is 24.9 Å². The molecule has 16 heavy (non-hydrogen) atoms. The van der Waals surface area contributed by atoms with Gasteiger partial charge in [-0.3, -0.25) is 0 Å². The highest BCUT2D eigenvalue weighted by Gasteiger charge is 2.10. The minimum Gasteiger partial charge on any atom is -0.508 e. The smallest absolute Gasteiger partial charge is 0.120 e. The second kappa shape index (κ2) is 5.56. The van der Waals surface area contributed by atoms with E-state index in [1.165, 1.54) is 0 Å². The molecule has 1 aliphatic heterocycles. The summed E-state index contributed by atoms with van der Waals surface area (Å²) in [5.41, 5.74) is 0.925. The Labute approximate surface area is 95.7 Å². The van der Waals surface area contributed by atoms with Crippen molar-refractivity contribution in [2.24, 2.45) is 0 Å². The van der Waals surface area contributed by atoms with Crippen molar-refractivity contribution in [1.82, 2.24) is 5.32 Å². The van der Waals surface area contributed by atoms with E-state index in [2.05, 4.69) is 5.32 Å². The van der Waals surface area contributed by atoms with Gasteiger partial charge in [0.05, 0.1) is 6.26 Å². The van der Waals surface area contributed by atoms with Crippen molar-refractivity contribution in [1.29, 1.82) is 0 Å². The first-order valence-corrected chi connectivity index (χ1v) is 5.64. The van der Waals surface area contributed by atoms with Crippen LogP contribution < -0.4 is 5.32 Å². The van der Waals surface area contributed by atoms with Crippen molar-refractivity contribution in [2.75, 3.05) is 6.54 Å². The Morgan fingerprint density at radius 2 is 2.25 bits per heavy atom. The normalized spacial score (nSPS) is 19.4. The van der Waals surface area contributed by atoms with Gasteiger partial charge in [0.2, 0.25) is 0 Å². The third-order valence-electron chi connectivity index (χ3n) is 2.70. The number of phenolic OH excluding ortho intramolecular Hbond substituents is 1. The van der Waals surface area contributed by atoms with Gasteiger partial charge in [-0.15, -0.1) is 0 Å². The second-order valence-corrected chi connectivity index (χ2v) is 3.97. The molecule has 1 aliphatic rings. The van der Waals surface area contributed by atoms with E-state index in [1.54, 1.807) is 12.3 Å². The molecule has 0 saturated carbocycles. The molecule has 1 aromatic rings. The summed E-state index contributed by atoms with van der Waals surface area (Å²) in [5.74, 6) is 0.347. The fourth-order valence-electron chi connectivity index (χ4n) is 1.76. The molecule has 1 heterocycles. The van der Waals surface area contributed by atoms with Gasteiger partial charge < -0.3 is 15.2 Å². The molecule has 1 atom stereocenters. The van der Waals surface area contributed by atoms with Gasteiger partial charge in [-0.25, -0.2) is 0 Å². The summed E-state index contributed by atoms with van der Waals surface area (Å²) >= 11 is 0. The van der Waals surface area contributed by atoms with Crippen LogP contribution in [0.4, 0.5) is 0 Å². The molecular weight excluding hydrogens is 202 g/mol. The van der Waals surface area contributed by atoms with Crippen LogP contribution in [0.15, 0.2) is 36.6 Å². The zero-order valence-electron chi connectivity index (χ0n) is 9.23. The molecule has 2 N–H and O–H groups in total. The topological polar surface area (TPSA) is 41.5 Å². The molecular formula is C13H17NO2. The van der Waals surface area contributed by atoms with Crippen LogP contribution in [0.2, 0.25) is 0 Å². The van der Waals surface area contributed by atoms with Crippen molar-refractivity contribution in [3.05, 3.63) is 42.2 Å².